The lowest BCUT2D eigenvalue weighted by Gasteiger charge is -2.10. The monoisotopic (exact) mass is 442 g/mol. The van der Waals surface area contributed by atoms with Crippen LogP contribution in [0.3, 0.4) is 0 Å². The largest absolute Gasteiger partial charge is 0.450 e. The van der Waals surface area contributed by atoms with Crippen LogP contribution in [-0.2, 0) is 7.05 Å². The first kappa shape index (κ1) is 21.4. The van der Waals surface area contributed by atoms with Gasteiger partial charge in [-0.05, 0) is 42.5 Å². The van der Waals surface area contributed by atoms with Gasteiger partial charge in [-0.2, -0.15) is 0 Å². The molecular formula is C24H18N4O5. The Bertz CT molecular complexity index is 1350. The Hall–Kier alpha value is -4.79. The summed E-state index contributed by atoms with van der Waals surface area (Å²) in [5.41, 5.74) is 0.687. The summed E-state index contributed by atoms with van der Waals surface area (Å²) in [5, 5.41) is 14.4. The highest BCUT2D eigenvalue weighted by Gasteiger charge is 2.22. The van der Waals surface area contributed by atoms with E-state index in [2.05, 4.69) is 10.3 Å². The van der Waals surface area contributed by atoms with E-state index in [0.717, 1.165) is 6.07 Å². The smallest absolute Gasteiger partial charge is 0.312 e. The van der Waals surface area contributed by atoms with Crippen molar-refractivity contribution in [1.29, 1.82) is 0 Å². The minimum Gasteiger partial charge on any atom is -0.450 e. The van der Waals surface area contributed by atoms with Crippen LogP contribution in [0.2, 0.25) is 0 Å². The van der Waals surface area contributed by atoms with E-state index in [1.54, 1.807) is 55.7 Å². The number of aromatic nitrogens is 2. The third kappa shape index (κ3) is 4.77. The molecule has 0 atom stereocenters. The van der Waals surface area contributed by atoms with Crippen LogP contribution in [0, 0.1) is 10.1 Å². The van der Waals surface area contributed by atoms with Gasteiger partial charge in [0.05, 0.1) is 4.92 Å². The average Bonchev–Trinajstić information content (AvgIpc) is 3.25. The first-order valence-corrected chi connectivity index (χ1v) is 9.87. The molecule has 0 saturated heterocycles. The molecule has 0 saturated carbocycles. The third-order valence-electron chi connectivity index (χ3n) is 4.80. The minimum absolute atomic E-state index is 0.0583. The second-order valence-electron chi connectivity index (χ2n) is 7.08. The second-order valence-corrected chi connectivity index (χ2v) is 7.08. The number of amides is 1. The number of anilines is 1. The van der Waals surface area contributed by atoms with Crippen LogP contribution >= 0.6 is 0 Å². The molecule has 164 valence electrons. The third-order valence-corrected chi connectivity index (χ3v) is 4.80. The van der Waals surface area contributed by atoms with Crippen molar-refractivity contribution in [3.05, 3.63) is 112 Å². The molecule has 0 unspecified atom stereocenters. The molecule has 9 heteroatoms. The number of hydrogen-bond acceptors (Lipinski definition) is 6. The molecule has 0 aliphatic rings. The Labute approximate surface area is 188 Å². The van der Waals surface area contributed by atoms with Crippen molar-refractivity contribution in [3.63, 3.8) is 0 Å². The average molecular weight is 442 g/mol. The van der Waals surface area contributed by atoms with E-state index in [0.29, 0.717) is 11.3 Å². The number of nitrogens with one attached hydrogen (secondary N) is 1. The fraction of sp³-hybridized carbons (Fsp3) is 0.0417. The number of para-hydroxylation sites is 1. The standard InChI is InChI=1S/C24H18N4O5/c1-27-13-12-25-23(27)22(29)16-10-11-21(20(15-16)28(31)32)33-19-9-5-6-17(14-19)24(30)26-18-7-3-2-4-8-18/h2-15H,1H3,(H,26,30). The predicted octanol–water partition coefficient (Wildman–Crippen LogP) is 4.60. The van der Waals surface area contributed by atoms with Gasteiger partial charge < -0.3 is 14.6 Å². The lowest BCUT2D eigenvalue weighted by Crippen LogP contribution is -2.11. The molecule has 0 aliphatic carbocycles. The highest BCUT2D eigenvalue weighted by Crippen LogP contribution is 2.33. The Morgan fingerprint density at radius 1 is 1.00 bits per heavy atom. The van der Waals surface area contributed by atoms with E-state index >= 15 is 0 Å². The van der Waals surface area contributed by atoms with Crippen LogP contribution in [0.1, 0.15) is 26.5 Å². The van der Waals surface area contributed by atoms with E-state index in [9.17, 15) is 19.7 Å². The van der Waals surface area contributed by atoms with Crippen molar-refractivity contribution in [2.75, 3.05) is 5.32 Å². The molecule has 0 radical (unpaired) electrons. The van der Waals surface area contributed by atoms with Crippen LogP contribution in [0.5, 0.6) is 11.5 Å². The lowest BCUT2D eigenvalue weighted by molar-refractivity contribution is -0.385. The Balaban J connectivity index is 1.58. The fourth-order valence-corrected chi connectivity index (χ4v) is 3.15. The van der Waals surface area contributed by atoms with Crippen LogP contribution < -0.4 is 10.1 Å². The SMILES string of the molecule is Cn1ccnc1C(=O)c1ccc(Oc2cccc(C(=O)Nc3ccccc3)c2)c([N+](=O)[O-])c1. The quantitative estimate of drug-likeness (QED) is 0.254. The van der Waals surface area contributed by atoms with Crippen molar-refractivity contribution in [1.82, 2.24) is 9.55 Å². The molecule has 0 aliphatic heterocycles. The number of aryl methyl sites for hydroxylation is 1. The Morgan fingerprint density at radius 3 is 2.48 bits per heavy atom. The van der Waals surface area contributed by atoms with Gasteiger partial charge in [-0.15, -0.1) is 0 Å². The van der Waals surface area contributed by atoms with Gasteiger partial charge in [0.2, 0.25) is 11.5 Å². The first-order chi connectivity index (χ1) is 15.9. The number of benzene rings is 3. The summed E-state index contributed by atoms with van der Waals surface area (Å²) in [4.78, 5) is 40.2. The number of ether oxygens (including phenoxy) is 1. The van der Waals surface area contributed by atoms with Crippen molar-refractivity contribution >= 4 is 23.1 Å². The van der Waals surface area contributed by atoms with Gasteiger partial charge in [0.15, 0.2) is 5.82 Å². The zero-order chi connectivity index (χ0) is 23.4. The second kappa shape index (κ2) is 9.15. The molecule has 0 fully saturated rings. The Kier molecular flexibility index (Phi) is 5.94. The van der Waals surface area contributed by atoms with Gasteiger partial charge in [-0.25, -0.2) is 4.98 Å². The molecule has 4 aromatic rings. The summed E-state index contributed by atoms with van der Waals surface area (Å²) < 4.78 is 7.24. The maximum Gasteiger partial charge on any atom is 0.312 e. The lowest BCUT2D eigenvalue weighted by atomic mass is 10.1. The van der Waals surface area contributed by atoms with Gasteiger partial charge in [-0.3, -0.25) is 19.7 Å². The van der Waals surface area contributed by atoms with E-state index in [1.165, 1.54) is 29.0 Å². The van der Waals surface area contributed by atoms with Crippen molar-refractivity contribution < 1.29 is 19.2 Å². The summed E-state index contributed by atoms with van der Waals surface area (Å²) in [6.07, 6.45) is 3.08. The van der Waals surface area contributed by atoms with Crippen molar-refractivity contribution in [3.8, 4) is 11.5 Å². The number of carbonyl (C=O) groups is 2. The first-order valence-electron chi connectivity index (χ1n) is 9.87. The Morgan fingerprint density at radius 2 is 1.79 bits per heavy atom. The predicted molar refractivity (Wildman–Crippen MR) is 121 cm³/mol. The van der Waals surface area contributed by atoms with Gasteiger partial charge in [-0.1, -0.05) is 24.3 Å². The number of imidazole rings is 1. The zero-order valence-electron chi connectivity index (χ0n) is 17.5. The van der Waals surface area contributed by atoms with E-state index < -0.39 is 10.7 Å². The molecule has 3 aromatic carbocycles. The molecule has 4 rings (SSSR count). The topological polar surface area (TPSA) is 116 Å². The summed E-state index contributed by atoms with van der Waals surface area (Å²) in [6.45, 7) is 0. The maximum absolute atomic E-state index is 12.7. The molecule has 1 amide bonds. The van der Waals surface area contributed by atoms with E-state index in [4.69, 9.17) is 4.74 Å². The van der Waals surface area contributed by atoms with Gasteiger partial charge >= 0.3 is 5.69 Å². The number of nitro groups is 1. The molecule has 33 heavy (non-hydrogen) atoms. The van der Waals surface area contributed by atoms with Crippen LogP contribution in [0.15, 0.2) is 85.2 Å². The summed E-state index contributed by atoms with van der Waals surface area (Å²) in [5.74, 6) is -0.456. The number of nitrogens with zero attached hydrogens (tertiary/aromatic N) is 3. The summed E-state index contributed by atoms with van der Waals surface area (Å²) in [7, 11) is 1.66. The number of ketones is 1. The number of nitro benzene ring substituents is 1. The van der Waals surface area contributed by atoms with Gasteiger partial charge in [0.1, 0.15) is 5.75 Å². The minimum atomic E-state index is -0.628. The summed E-state index contributed by atoms with van der Waals surface area (Å²) >= 11 is 0. The molecule has 9 nitrogen and oxygen atoms in total. The highest BCUT2D eigenvalue weighted by molar-refractivity contribution is 6.07. The summed E-state index contributed by atoms with van der Waals surface area (Å²) in [6, 6.07) is 19.2. The van der Waals surface area contributed by atoms with Crippen molar-refractivity contribution in [2.24, 2.45) is 7.05 Å². The molecular weight excluding hydrogens is 424 g/mol. The molecule has 1 aromatic heterocycles. The van der Waals surface area contributed by atoms with Gasteiger partial charge in [0.25, 0.3) is 5.91 Å². The number of rotatable bonds is 7. The van der Waals surface area contributed by atoms with Crippen LogP contribution in [0.25, 0.3) is 0 Å². The van der Waals surface area contributed by atoms with E-state index in [-0.39, 0.29) is 34.5 Å². The van der Waals surface area contributed by atoms with Crippen LogP contribution in [-0.4, -0.2) is 26.2 Å². The molecule has 1 heterocycles. The highest BCUT2D eigenvalue weighted by atomic mass is 16.6. The zero-order valence-corrected chi connectivity index (χ0v) is 17.5. The van der Waals surface area contributed by atoms with E-state index in [1.807, 2.05) is 6.07 Å². The molecule has 0 bridgehead atoms. The number of hydrogen-bond donors (Lipinski definition) is 1. The molecule has 0 spiro atoms. The fourth-order valence-electron chi connectivity index (χ4n) is 3.15. The maximum atomic E-state index is 12.7. The van der Waals surface area contributed by atoms with Gasteiger partial charge in [0, 0.05) is 42.3 Å². The normalized spacial score (nSPS) is 10.5. The van der Waals surface area contributed by atoms with Crippen molar-refractivity contribution in [2.45, 2.75) is 0 Å². The number of carbonyl (C=O) groups excluding carboxylic acids is 2. The molecule has 1 N–H and O–H groups in total. The van der Waals surface area contributed by atoms with Crippen LogP contribution in [0.4, 0.5) is 11.4 Å².